The molecule has 0 saturated heterocycles. The fraction of sp³-hybridized carbons (Fsp3) is 0.692. The van der Waals surface area contributed by atoms with Crippen molar-refractivity contribution >= 4 is 0 Å². The van der Waals surface area contributed by atoms with E-state index in [-0.39, 0.29) is 0 Å². The molecule has 0 aliphatic heterocycles. The van der Waals surface area contributed by atoms with Gasteiger partial charge in [0.2, 0.25) is 0 Å². The van der Waals surface area contributed by atoms with Crippen LogP contribution >= 0.6 is 0 Å². The van der Waals surface area contributed by atoms with E-state index in [0.29, 0.717) is 0 Å². The Morgan fingerprint density at radius 2 is 1.81 bits per heavy atom. The molecule has 0 N–H and O–H groups in total. The zero-order chi connectivity index (χ0) is 18.2. The molecule has 1 aromatic carbocycles. The molecule has 0 heterocycles. The summed E-state index contributed by atoms with van der Waals surface area (Å²) in [5.41, 5.74) is 4.86. The lowest BCUT2D eigenvalue weighted by Gasteiger charge is -2.36. The van der Waals surface area contributed by atoms with Crippen LogP contribution < -0.4 is 0 Å². The summed E-state index contributed by atoms with van der Waals surface area (Å²) in [4.78, 5) is 0. The molecule has 0 aromatic heterocycles. The number of unbranched alkanes of at least 4 members (excludes halogenated alkanes) is 2. The first-order chi connectivity index (χ1) is 12.8. The van der Waals surface area contributed by atoms with E-state index in [1.54, 1.807) is 11.1 Å². The van der Waals surface area contributed by atoms with Crippen molar-refractivity contribution in [1.82, 2.24) is 0 Å². The molecule has 144 valence electrons. The summed E-state index contributed by atoms with van der Waals surface area (Å²) in [5.74, 6) is 3.03. The van der Waals surface area contributed by atoms with Crippen LogP contribution in [-0.4, -0.2) is 0 Å². The Hall–Kier alpha value is -1.04. The van der Waals surface area contributed by atoms with Gasteiger partial charge >= 0.3 is 0 Å². The van der Waals surface area contributed by atoms with Crippen molar-refractivity contribution < 1.29 is 0 Å². The second-order valence-corrected chi connectivity index (χ2v) is 8.99. The average Bonchev–Trinajstić information content (AvgIpc) is 2.68. The van der Waals surface area contributed by atoms with Crippen LogP contribution in [0.25, 0.3) is 0 Å². The predicted octanol–water partition coefficient (Wildman–Crippen LogP) is 7.69. The average molecular weight is 353 g/mol. The molecule has 2 aliphatic carbocycles. The number of aryl methyl sites for hydroxylation is 2. The van der Waals surface area contributed by atoms with Gasteiger partial charge in [0.1, 0.15) is 0 Å². The van der Waals surface area contributed by atoms with Gasteiger partial charge in [0.15, 0.2) is 0 Å². The maximum absolute atomic E-state index is 2.51. The summed E-state index contributed by atoms with van der Waals surface area (Å²) < 4.78 is 0. The van der Waals surface area contributed by atoms with Crippen LogP contribution in [0.3, 0.4) is 0 Å². The number of hydrogen-bond donors (Lipinski definition) is 0. The fourth-order valence-electron chi connectivity index (χ4n) is 5.44. The predicted molar refractivity (Wildman–Crippen MR) is 115 cm³/mol. The highest BCUT2D eigenvalue weighted by Crippen LogP contribution is 2.40. The summed E-state index contributed by atoms with van der Waals surface area (Å²) in [6.45, 7) is 4.44. The molecule has 0 radical (unpaired) electrons. The molecule has 0 amide bonds. The molecule has 1 aromatic rings. The molecule has 0 heteroatoms. The summed E-state index contributed by atoms with van der Waals surface area (Å²) in [6, 6.07) is 7.37. The number of allylic oxidation sites excluding steroid dienone is 2. The zero-order valence-electron chi connectivity index (χ0n) is 17.3. The van der Waals surface area contributed by atoms with Crippen molar-refractivity contribution in [2.24, 2.45) is 17.8 Å². The standard InChI is InChI=1S/C26H40/c1-3-5-7-9-21-11-14-23(15-12-21)25-18-17-24-19-22(10-8-6-4-2)13-16-26(24)20-25/h4,6,13,16,19,21,23,25H,3,5,7-12,14-15,17-18,20H2,1-2H3/b6-4+. The van der Waals surface area contributed by atoms with Gasteiger partial charge in [-0.3, -0.25) is 0 Å². The second kappa shape index (κ2) is 10.3. The Morgan fingerprint density at radius 3 is 2.58 bits per heavy atom. The molecule has 0 nitrogen and oxygen atoms in total. The molecule has 0 bridgehead atoms. The van der Waals surface area contributed by atoms with Gasteiger partial charge < -0.3 is 0 Å². The summed E-state index contributed by atoms with van der Waals surface area (Å²) in [5, 5.41) is 0. The number of benzene rings is 1. The third-order valence-corrected chi connectivity index (χ3v) is 7.15. The molecular weight excluding hydrogens is 312 g/mol. The topological polar surface area (TPSA) is 0 Å². The highest BCUT2D eigenvalue weighted by molar-refractivity contribution is 5.34. The lowest BCUT2D eigenvalue weighted by Crippen LogP contribution is -2.26. The number of rotatable bonds is 8. The first-order valence-electron chi connectivity index (χ1n) is 11.5. The van der Waals surface area contributed by atoms with E-state index < -0.39 is 0 Å². The molecule has 1 atom stereocenters. The van der Waals surface area contributed by atoms with Crippen molar-refractivity contribution in [3.8, 4) is 0 Å². The van der Waals surface area contributed by atoms with Crippen LogP contribution in [0.5, 0.6) is 0 Å². The van der Waals surface area contributed by atoms with Gasteiger partial charge in [-0.15, -0.1) is 0 Å². The van der Waals surface area contributed by atoms with Gasteiger partial charge in [-0.05, 0) is 86.3 Å². The minimum Gasteiger partial charge on any atom is -0.0917 e. The van der Waals surface area contributed by atoms with E-state index in [9.17, 15) is 0 Å². The lowest BCUT2D eigenvalue weighted by molar-refractivity contribution is 0.183. The van der Waals surface area contributed by atoms with Crippen molar-refractivity contribution in [3.63, 3.8) is 0 Å². The molecule has 1 fully saturated rings. The Morgan fingerprint density at radius 1 is 0.962 bits per heavy atom. The largest absolute Gasteiger partial charge is 0.0917 e. The van der Waals surface area contributed by atoms with Crippen LogP contribution in [0.2, 0.25) is 0 Å². The van der Waals surface area contributed by atoms with Crippen molar-refractivity contribution in [2.45, 2.75) is 97.3 Å². The van der Waals surface area contributed by atoms with Crippen LogP contribution in [0.15, 0.2) is 30.4 Å². The van der Waals surface area contributed by atoms with Crippen LogP contribution in [0, 0.1) is 17.8 Å². The van der Waals surface area contributed by atoms with E-state index in [1.807, 2.05) is 0 Å². The molecule has 0 spiro atoms. The van der Waals surface area contributed by atoms with E-state index >= 15 is 0 Å². The molecule has 1 unspecified atom stereocenters. The highest BCUT2D eigenvalue weighted by Gasteiger charge is 2.30. The van der Waals surface area contributed by atoms with Gasteiger partial charge in [0.05, 0.1) is 0 Å². The number of fused-ring (bicyclic) bond motifs is 1. The monoisotopic (exact) mass is 352 g/mol. The smallest absolute Gasteiger partial charge is 0.0244 e. The third-order valence-electron chi connectivity index (χ3n) is 7.15. The summed E-state index contributed by atoms with van der Waals surface area (Å²) >= 11 is 0. The zero-order valence-corrected chi connectivity index (χ0v) is 17.3. The van der Waals surface area contributed by atoms with Gasteiger partial charge in [0.25, 0.3) is 0 Å². The number of hydrogen-bond acceptors (Lipinski definition) is 0. The maximum Gasteiger partial charge on any atom is -0.0244 e. The quantitative estimate of drug-likeness (QED) is 0.332. The van der Waals surface area contributed by atoms with E-state index in [0.717, 1.165) is 17.8 Å². The Bertz CT molecular complexity index is 559. The molecule has 2 aliphatic rings. The SMILES string of the molecule is C/C=C/CCc1ccc2c(c1)CCC(C1CCC(CCCCC)CC1)C2. The fourth-order valence-corrected chi connectivity index (χ4v) is 5.44. The second-order valence-electron chi connectivity index (χ2n) is 8.99. The van der Waals surface area contributed by atoms with E-state index in [1.165, 1.54) is 89.0 Å². The van der Waals surface area contributed by atoms with Gasteiger partial charge in [-0.1, -0.05) is 75.8 Å². The van der Waals surface area contributed by atoms with Crippen molar-refractivity contribution in [2.75, 3.05) is 0 Å². The normalized spacial score (nSPS) is 26.2. The molecular formula is C26H40. The van der Waals surface area contributed by atoms with Gasteiger partial charge in [-0.2, -0.15) is 0 Å². The first-order valence-corrected chi connectivity index (χ1v) is 11.5. The minimum atomic E-state index is 0.966. The van der Waals surface area contributed by atoms with Crippen LogP contribution in [0.1, 0.15) is 94.7 Å². The third kappa shape index (κ3) is 5.48. The van der Waals surface area contributed by atoms with Crippen molar-refractivity contribution in [1.29, 1.82) is 0 Å². The molecule has 3 rings (SSSR count). The molecule has 1 saturated carbocycles. The van der Waals surface area contributed by atoms with E-state index in [2.05, 4.69) is 44.2 Å². The summed E-state index contributed by atoms with van der Waals surface area (Å²) in [6.07, 6.45) is 22.8. The summed E-state index contributed by atoms with van der Waals surface area (Å²) in [7, 11) is 0. The van der Waals surface area contributed by atoms with Crippen LogP contribution in [-0.2, 0) is 19.3 Å². The Kier molecular flexibility index (Phi) is 7.84. The van der Waals surface area contributed by atoms with Gasteiger partial charge in [-0.25, -0.2) is 0 Å². The van der Waals surface area contributed by atoms with Crippen LogP contribution in [0.4, 0.5) is 0 Å². The highest BCUT2D eigenvalue weighted by atomic mass is 14.3. The van der Waals surface area contributed by atoms with Gasteiger partial charge in [0, 0.05) is 0 Å². The Labute approximate surface area is 162 Å². The first kappa shape index (κ1) is 19.7. The Balaban J connectivity index is 1.48. The van der Waals surface area contributed by atoms with E-state index in [4.69, 9.17) is 0 Å². The maximum atomic E-state index is 2.51. The lowest BCUT2D eigenvalue weighted by atomic mass is 9.69. The minimum absolute atomic E-state index is 0.966. The van der Waals surface area contributed by atoms with Crippen molar-refractivity contribution in [3.05, 3.63) is 47.0 Å². The molecule has 26 heavy (non-hydrogen) atoms.